The minimum atomic E-state index is -5.08. The van der Waals surface area contributed by atoms with Gasteiger partial charge in [-0.15, -0.1) is 0 Å². The van der Waals surface area contributed by atoms with Gasteiger partial charge in [0.2, 0.25) is 0 Å². The molecule has 8 nitrogen and oxygen atoms in total. The Balaban J connectivity index is 0.000000479. The number of halogens is 5. The van der Waals surface area contributed by atoms with E-state index in [1.165, 1.54) is 6.07 Å². The van der Waals surface area contributed by atoms with Gasteiger partial charge in [0, 0.05) is 43.6 Å². The highest BCUT2D eigenvalue weighted by molar-refractivity contribution is 6.33. The van der Waals surface area contributed by atoms with Crippen LogP contribution in [-0.2, 0) is 9.53 Å². The molecule has 0 unspecified atom stereocenters. The van der Waals surface area contributed by atoms with Gasteiger partial charge in [0.05, 0.1) is 5.02 Å². The van der Waals surface area contributed by atoms with E-state index in [1.807, 2.05) is 0 Å². The zero-order valence-corrected chi connectivity index (χ0v) is 20.8. The minimum Gasteiger partial charge on any atom is -0.475 e. The van der Waals surface area contributed by atoms with Crippen molar-refractivity contribution in [2.24, 2.45) is 11.7 Å². The maximum Gasteiger partial charge on any atom is 0.490 e. The fourth-order valence-corrected chi connectivity index (χ4v) is 4.29. The average molecular weight is 548 g/mol. The fourth-order valence-electron chi connectivity index (χ4n) is 4.10. The minimum absolute atomic E-state index is 0.230. The molecule has 0 aromatic carbocycles. The summed E-state index contributed by atoms with van der Waals surface area (Å²) < 4.78 is 51.8. The summed E-state index contributed by atoms with van der Waals surface area (Å²) in [6, 6.07) is 5.48. The predicted octanol–water partition coefficient (Wildman–Crippen LogP) is 5.09. The largest absolute Gasteiger partial charge is 0.490 e. The smallest absolute Gasteiger partial charge is 0.475 e. The molecule has 2 fully saturated rings. The summed E-state index contributed by atoms with van der Waals surface area (Å²) in [5.41, 5.74) is 6.76. The molecule has 2 aromatic rings. The molecule has 3 heterocycles. The van der Waals surface area contributed by atoms with E-state index in [0.29, 0.717) is 34.2 Å². The van der Waals surface area contributed by atoms with Crippen molar-refractivity contribution in [2.75, 3.05) is 30.4 Å². The maximum absolute atomic E-state index is 14.6. The molecule has 1 aliphatic carbocycles. The summed E-state index contributed by atoms with van der Waals surface area (Å²) in [6.07, 6.45) is 2.51. The Hall–Kier alpha value is -2.70. The molecule has 204 valence electrons. The number of anilines is 2. The number of alkyl halides is 3. The van der Waals surface area contributed by atoms with Crippen molar-refractivity contribution in [1.29, 1.82) is 0 Å². The Morgan fingerprint density at radius 2 is 1.78 bits per heavy atom. The number of aliphatic carboxylic acids is 1. The first-order valence-electron chi connectivity index (χ1n) is 12.0. The van der Waals surface area contributed by atoms with Gasteiger partial charge in [-0.25, -0.2) is 19.2 Å². The Morgan fingerprint density at radius 1 is 1.14 bits per heavy atom. The van der Waals surface area contributed by atoms with Gasteiger partial charge in [-0.05, 0) is 62.6 Å². The lowest BCUT2D eigenvalue weighted by Gasteiger charge is -2.27. The summed E-state index contributed by atoms with van der Waals surface area (Å²) in [7, 11) is 0. The third-order valence-corrected chi connectivity index (χ3v) is 6.54. The quantitative estimate of drug-likeness (QED) is 0.369. The van der Waals surface area contributed by atoms with Crippen molar-refractivity contribution in [2.45, 2.75) is 56.8 Å². The molecule has 1 aliphatic heterocycles. The Bertz CT molecular complexity index is 1050. The summed E-state index contributed by atoms with van der Waals surface area (Å²) >= 11 is 6.37. The molecule has 13 heteroatoms. The summed E-state index contributed by atoms with van der Waals surface area (Å²) in [4.78, 5) is 17.8. The molecule has 5 N–H and O–H groups in total. The number of hydrogen-bond donors (Lipinski definition) is 4. The highest BCUT2D eigenvalue weighted by Gasteiger charge is 2.38. The van der Waals surface area contributed by atoms with Gasteiger partial charge in [0.25, 0.3) is 0 Å². The van der Waals surface area contributed by atoms with Crippen LogP contribution in [0.1, 0.15) is 38.5 Å². The number of pyridine rings is 2. The molecular weight excluding hydrogens is 518 g/mol. The van der Waals surface area contributed by atoms with Crippen LogP contribution in [0.5, 0.6) is 0 Å². The number of hydrogen-bond acceptors (Lipinski definition) is 7. The zero-order chi connectivity index (χ0) is 27.0. The van der Waals surface area contributed by atoms with Crippen LogP contribution in [0.2, 0.25) is 5.02 Å². The van der Waals surface area contributed by atoms with E-state index in [9.17, 15) is 17.6 Å². The summed E-state index contributed by atoms with van der Waals surface area (Å²) in [5.74, 6) is -1.31. The lowest BCUT2D eigenvalue weighted by Crippen LogP contribution is -2.33. The van der Waals surface area contributed by atoms with E-state index >= 15 is 0 Å². The molecule has 2 aromatic heterocycles. The number of nitrogens with zero attached hydrogens (tertiary/aromatic N) is 2. The monoisotopic (exact) mass is 547 g/mol. The van der Waals surface area contributed by atoms with Crippen molar-refractivity contribution < 1.29 is 32.2 Å². The van der Waals surface area contributed by atoms with Crippen molar-refractivity contribution >= 4 is 29.2 Å². The highest BCUT2D eigenvalue weighted by Crippen LogP contribution is 2.32. The van der Waals surface area contributed by atoms with E-state index in [2.05, 4.69) is 20.6 Å². The van der Waals surface area contributed by atoms with Crippen molar-refractivity contribution in [3.63, 3.8) is 0 Å². The van der Waals surface area contributed by atoms with Crippen molar-refractivity contribution in [1.82, 2.24) is 9.97 Å². The highest BCUT2D eigenvalue weighted by atomic mass is 35.5. The van der Waals surface area contributed by atoms with Gasteiger partial charge in [0.15, 0.2) is 0 Å². The topological polar surface area (TPSA) is 122 Å². The molecule has 0 spiro atoms. The lowest BCUT2D eigenvalue weighted by molar-refractivity contribution is -0.192. The standard InChI is InChI=1S/C22H29ClFN5O.C2HF3O2/c23-18-13-27-21(28-16-3-1-15(25)2-4-16)11-17(18)22-19(24)5-6-20(29-22)26-12-14-7-9-30-10-8-14;3-2(4,5)1(6)7/h5-6,11,13-16H,1-4,7-10,12,25H2,(H,26,29)(H,27,28);(H,6,7)/t15-,16-;. The molecule has 0 amide bonds. The number of nitrogens with one attached hydrogen (secondary N) is 2. The van der Waals surface area contributed by atoms with E-state index in [-0.39, 0.29) is 11.7 Å². The Labute approximate surface area is 217 Å². The number of nitrogens with two attached hydrogens (primary N) is 1. The number of carbonyl (C=O) groups is 1. The van der Waals surface area contributed by atoms with Crippen LogP contribution in [0.4, 0.5) is 29.2 Å². The van der Waals surface area contributed by atoms with Gasteiger partial charge >= 0.3 is 12.1 Å². The van der Waals surface area contributed by atoms with Crippen LogP contribution in [0, 0.1) is 11.7 Å². The first kappa shape index (κ1) is 28.9. The number of rotatable bonds is 6. The van der Waals surface area contributed by atoms with Crippen LogP contribution < -0.4 is 16.4 Å². The van der Waals surface area contributed by atoms with Crippen LogP contribution in [-0.4, -0.2) is 59.1 Å². The first-order valence-corrected chi connectivity index (χ1v) is 12.4. The number of ether oxygens (including phenoxy) is 1. The molecule has 1 saturated carbocycles. The van der Waals surface area contributed by atoms with Crippen LogP contribution in [0.15, 0.2) is 24.4 Å². The molecule has 0 radical (unpaired) electrons. The van der Waals surface area contributed by atoms with E-state index in [1.54, 1.807) is 18.3 Å². The lowest BCUT2D eigenvalue weighted by atomic mass is 9.92. The van der Waals surface area contributed by atoms with Crippen LogP contribution in [0.3, 0.4) is 0 Å². The third-order valence-electron chi connectivity index (χ3n) is 6.24. The molecule has 37 heavy (non-hydrogen) atoms. The normalized spacial score (nSPS) is 20.5. The molecular formula is C24H30ClF4N5O3. The van der Waals surface area contributed by atoms with Gasteiger partial charge in [-0.1, -0.05) is 11.6 Å². The van der Waals surface area contributed by atoms with Crippen LogP contribution in [0.25, 0.3) is 11.3 Å². The average Bonchev–Trinajstić information content (AvgIpc) is 2.86. The second-order valence-corrected chi connectivity index (χ2v) is 9.48. The van der Waals surface area contributed by atoms with Crippen LogP contribution >= 0.6 is 11.6 Å². The second-order valence-electron chi connectivity index (χ2n) is 9.07. The molecule has 2 aliphatic rings. The van der Waals surface area contributed by atoms with Gasteiger partial charge in [-0.3, -0.25) is 0 Å². The van der Waals surface area contributed by atoms with Gasteiger partial charge in [-0.2, -0.15) is 13.2 Å². The Morgan fingerprint density at radius 3 is 2.41 bits per heavy atom. The van der Waals surface area contributed by atoms with Gasteiger partial charge < -0.3 is 26.2 Å². The van der Waals surface area contributed by atoms with E-state index in [0.717, 1.165) is 58.3 Å². The fraction of sp³-hybridized carbons (Fsp3) is 0.542. The number of aromatic nitrogens is 2. The molecule has 0 bridgehead atoms. The van der Waals surface area contributed by atoms with Gasteiger partial charge in [0.1, 0.15) is 23.1 Å². The first-order chi connectivity index (χ1) is 17.5. The molecule has 1 saturated heterocycles. The Kier molecular flexibility index (Phi) is 10.3. The van der Waals surface area contributed by atoms with Crippen molar-refractivity contribution in [3.8, 4) is 11.3 Å². The van der Waals surface area contributed by atoms with E-state index in [4.69, 9.17) is 32.0 Å². The maximum atomic E-state index is 14.6. The summed E-state index contributed by atoms with van der Waals surface area (Å²) in [5, 5.41) is 14.3. The summed E-state index contributed by atoms with van der Waals surface area (Å²) in [6.45, 7) is 2.38. The van der Waals surface area contributed by atoms with E-state index < -0.39 is 18.0 Å². The van der Waals surface area contributed by atoms with Crippen molar-refractivity contribution in [3.05, 3.63) is 35.2 Å². The number of carboxylic acids is 1. The predicted molar refractivity (Wildman–Crippen MR) is 132 cm³/mol. The second kappa shape index (κ2) is 13.2. The molecule has 0 atom stereocenters. The zero-order valence-electron chi connectivity index (χ0n) is 20.0. The number of carboxylic acid groups (broad SMARTS) is 1. The molecule has 4 rings (SSSR count). The third kappa shape index (κ3) is 8.97. The SMILES string of the molecule is N[C@H]1CC[C@H](Nc2cc(-c3nc(NCC4CCOCC4)ccc3F)c(Cl)cn2)CC1.O=C(O)C(F)(F)F.